The van der Waals surface area contributed by atoms with Crippen molar-refractivity contribution in [3.63, 3.8) is 0 Å². The van der Waals surface area contributed by atoms with Gasteiger partial charge in [0.15, 0.2) is 11.5 Å². The van der Waals surface area contributed by atoms with Crippen molar-refractivity contribution in [3.8, 4) is 11.4 Å². The molecule has 0 spiro atoms. The van der Waals surface area contributed by atoms with E-state index >= 15 is 0 Å². The van der Waals surface area contributed by atoms with E-state index in [1.807, 2.05) is 48.5 Å². The monoisotopic (exact) mass is 432 g/mol. The molecule has 3 N–H and O–H groups in total. The van der Waals surface area contributed by atoms with E-state index in [1.54, 1.807) is 7.05 Å². The van der Waals surface area contributed by atoms with Crippen LogP contribution in [0.1, 0.15) is 5.56 Å². The van der Waals surface area contributed by atoms with Crippen molar-refractivity contribution in [3.05, 3.63) is 65.4 Å². The Hall–Kier alpha value is -4.05. The Morgan fingerprint density at radius 1 is 1.06 bits per heavy atom. The zero-order valence-corrected chi connectivity index (χ0v) is 17.2. The van der Waals surface area contributed by atoms with E-state index in [0.29, 0.717) is 34.7 Å². The van der Waals surface area contributed by atoms with Crippen molar-refractivity contribution in [1.82, 2.24) is 40.4 Å². The first-order chi connectivity index (χ1) is 15.2. The van der Waals surface area contributed by atoms with Crippen LogP contribution in [0.2, 0.25) is 5.02 Å². The molecule has 2 aromatic carbocycles. The number of aromatic amines is 1. The van der Waals surface area contributed by atoms with Crippen LogP contribution in [0.25, 0.3) is 22.4 Å². The number of tetrazole rings is 1. The number of nitrogens with zero attached hydrogens (tertiary/aromatic N) is 7. The molecule has 0 unspecified atom stereocenters. The van der Waals surface area contributed by atoms with Crippen molar-refractivity contribution >= 4 is 40.0 Å². The number of hydrogen-bond donors (Lipinski definition) is 3. The number of aryl methyl sites for hydroxylation is 1. The highest BCUT2D eigenvalue weighted by atomic mass is 35.5. The maximum atomic E-state index is 6.10. The predicted octanol–water partition coefficient (Wildman–Crippen LogP) is 3.55. The average molecular weight is 433 g/mol. The van der Waals surface area contributed by atoms with Gasteiger partial charge in [-0.2, -0.15) is 9.90 Å². The van der Waals surface area contributed by atoms with E-state index in [-0.39, 0.29) is 0 Å². The Labute approximate surface area is 181 Å². The first-order valence-electron chi connectivity index (χ1n) is 9.45. The molecule has 0 atom stereocenters. The zero-order valence-electron chi connectivity index (χ0n) is 16.4. The number of benzene rings is 2. The Balaban J connectivity index is 1.45. The molecule has 0 amide bonds. The largest absolute Gasteiger partial charge is 0.364 e. The highest BCUT2D eigenvalue weighted by molar-refractivity contribution is 6.30. The fourth-order valence-electron chi connectivity index (χ4n) is 3.25. The minimum Gasteiger partial charge on any atom is -0.364 e. The van der Waals surface area contributed by atoms with Gasteiger partial charge in [0.1, 0.15) is 17.5 Å². The van der Waals surface area contributed by atoms with Gasteiger partial charge in [-0.15, -0.1) is 10.2 Å². The molecule has 0 saturated carbocycles. The quantitative estimate of drug-likeness (QED) is 0.372. The molecule has 154 valence electrons. The van der Waals surface area contributed by atoms with Gasteiger partial charge in [0.2, 0.25) is 5.82 Å². The van der Waals surface area contributed by atoms with Gasteiger partial charge in [-0.3, -0.25) is 5.10 Å². The first-order valence-corrected chi connectivity index (χ1v) is 9.83. The molecule has 3 aromatic heterocycles. The van der Waals surface area contributed by atoms with Crippen LogP contribution in [-0.2, 0) is 13.6 Å². The third kappa shape index (κ3) is 3.88. The number of aromatic nitrogens is 8. The first kappa shape index (κ1) is 18.9. The molecule has 0 aliphatic heterocycles. The third-order valence-corrected chi connectivity index (χ3v) is 4.89. The number of H-pyrrole nitrogens is 1. The molecular weight excluding hydrogens is 416 g/mol. The van der Waals surface area contributed by atoms with Crippen molar-refractivity contribution in [2.45, 2.75) is 6.54 Å². The fourth-order valence-corrected chi connectivity index (χ4v) is 3.44. The van der Waals surface area contributed by atoms with Gasteiger partial charge in [0.05, 0.1) is 7.05 Å². The van der Waals surface area contributed by atoms with Gasteiger partial charge in [0.25, 0.3) is 0 Å². The summed E-state index contributed by atoms with van der Waals surface area (Å²) in [5.74, 6) is 1.81. The lowest BCUT2D eigenvalue weighted by Gasteiger charge is -2.10. The van der Waals surface area contributed by atoms with Crippen LogP contribution >= 0.6 is 11.6 Å². The minimum atomic E-state index is 0.500. The summed E-state index contributed by atoms with van der Waals surface area (Å²) < 4.78 is 0. The SMILES string of the molecule is Cn1nnc(-c2ccccc2CNc2n[nH]c3ncnc(Nc4cccc(Cl)c4)c23)n1. The molecule has 11 heteroatoms. The second-order valence-electron chi connectivity index (χ2n) is 6.77. The van der Waals surface area contributed by atoms with Gasteiger partial charge in [-0.25, -0.2) is 9.97 Å². The molecule has 3 heterocycles. The topological polar surface area (TPSA) is 122 Å². The Morgan fingerprint density at radius 3 is 2.81 bits per heavy atom. The zero-order chi connectivity index (χ0) is 21.2. The van der Waals surface area contributed by atoms with Crippen molar-refractivity contribution < 1.29 is 0 Å². The highest BCUT2D eigenvalue weighted by Gasteiger charge is 2.15. The number of fused-ring (bicyclic) bond motifs is 1. The Morgan fingerprint density at radius 2 is 1.97 bits per heavy atom. The van der Waals surface area contributed by atoms with Gasteiger partial charge in [0, 0.05) is 22.8 Å². The summed E-state index contributed by atoms with van der Waals surface area (Å²) in [5, 5.41) is 27.7. The fraction of sp³-hybridized carbons (Fsp3) is 0.100. The van der Waals surface area contributed by atoms with Crippen molar-refractivity contribution in [2.75, 3.05) is 10.6 Å². The number of anilines is 3. The second-order valence-corrected chi connectivity index (χ2v) is 7.20. The van der Waals surface area contributed by atoms with E-state index in [9.17, 15) is 0 Å². The van der Waals surface area contributed by atoms with E-state index in [2.05, 4.69) is 46.2 Å². The summed E-state index contributed by atoms with van der Waals surface area (Å²) in [6, 6.07) is 15.3. The maximum absolute atomic E-state index is 6.10. The highest BCUT2D eigenvalue weighted by Crippen LogP contribution is 2.29. The van der Waals surface area contributed by atoms with E-state index in [1.165, 1.54) is 11.1 Å². The number of halogens is 1. The Bertz CT molecular complexity index is 1360. The minimum absolute atomic E-state index is 0.500. The molecule has 0 radical (unpaired) electrons. The van der Waals surface area contributed by atoms with Crippen LogP contribution in [0.15, 0.2) is 54.9 Å². The summed E-state index contributed by atoms with van der Waals surface area (Å²) in [5.41, 5.74) is 3.34. The standard InChI is InChI=1S/C20H17ClN10/c1-31-29-17(28-30-31)15-8-3-2-5-12(15)10-22-19-16-18(23-11-24-20(16)27-26-19)25-14-7-4-6-13(21)9-14/h2-9,11H,10H2,1H3,(H3,22,23,24,25,26,27). The van der Waals surface area contributed by atoms with Gasteiger partial charge in [-0.1, -0.05) is 41.9 Å². The summed E-state index contributed by atoms with van der Waals surface area (Å²) in [6.07, 6.45) is 1.48. The lowest BCUT2D eigenvalue weighted by atomic mass is 10.1. The average Bonchev–Trinajstić information content (AvgIpc) is 3.39. The van der Waals surface area contributed by atoms with E-state index in [0.717, 1.165) is 22.2 Å². The molecule has 5 rings (SSSR count). The van der Waals surface area contributed by atoms with Crippen LogP contribution in [0.4, 0.5) is 17.3 Å². The Kier molecular flexibility index (Phi) is 4.89. The molecule has 0 bridgehead atoms. The molecule has 10 nitrogen and oxygen atoms in total. The molecule has 31 heavy (non-hydrogen) atoms. The van der Waals surface area contributed by atoms with E-state index < -0.39 is 0 Å². The summed E-state index contributed by atoms with van der Waals surface area (Å²) in [6.45, 7) is 0.500. The second kappa shape index (κ2) is 8.00. The van der Waals surface area contributed by atoms with Crippen LogP contribution < -0.4 is 10.6 Å². The maximum Gasteiger partial charge on any atom is 0.205 e. The van der Waals surface area contributed by atoms with Crippen LogP contribution in [-0.4, -0.2) is 40.4 Å². The summed E-state index contributed by atoms with van der Waals surface area (Å²) in [7, 11) is 1.74. The van der Waals surface area contributed by atoms with Gasteiger partial charge >= 0.3 is 0 Å². The smallest absolute Gasteiger partial charge is 0.205 e. The lowest BCUT2D eigenvalue weighted by molar-refractivity contribution is 0.630. The predicted molar refractivity (Wildman–Crippen MR) is 118 cm³/mol. The third-order valence-electron chi connectivity index (χ3n) is 4.66. The molecule has 0 saturated heterocycles. The van der Waals surface area contributed by atoms with Crippen LogP contribution in [0, 0.1) is 0 Å². The molecular formula is C20H17ClN10. The van der Waals surface area contributed by atoms with Gasteiger partial charge in [-0.05, 0) is 29.0 Å². The summed E-state index contributed by atoms with van der Waals surface area (Å²) >= 11 is 6.10. The van der Waals surface area contributed by atoms with Crippen LogP contribution in [0.5, 0.6) is 0 Å². The van der Waals surface area contributed by atoms with Gasteiger partial charge < -0.3 is 10.6 Å². The number of hydrogen-bond acceptors (Lipinski definition) is 8. The number of rotatable bonds is 6. The molecule has 0 aliphatic carbocycles. The van der Waals surface area contributed by atoms with Crippen molar-refractivity contribution in [2.24, 2.45) is 7.05 Å². The van der Waals surface area contributed by atoms with Crippen LogP contribution in [0.3, 0.4) is 0 Å². The lowest BCUT2D eigenvalue weighted by Crippen LogP contribution is -2.03. The molecule has 0 aliphatic rings. The van der Waals surface area contributed by atoms with Crippen molar-refractivity contribution in [1.29, 1.82) is 0 Å². The number of nitrogens with one attached hydrogen (secondary N) is 3. The molecule has 0 fully saturated rings. The van der Waals surface area contributed by atoms with E-state index in [4.69, 9.17) is 11.6 Å². The summed E-state index contributed by atoms with van der Waals surface area (Å²) in [4.78, 5) is 10.1. The normalized spacial score (nSPS) is 11.0. The molecule has 5 aromatic rings.